The minimum Gasteiger partial charge on any atom is -0.373 e. The van der Waals surface area contributed by atoms with Gasteiger partial charge >= 0.3 is 0 Å². The molecule has 0 saturated carbocycles. The van der Waals surface area contributed by atoms with Crippen LogP contribution >= 0.6 is 11.6 Å². The number of rotatable bonds is 4. The smallest absolute Gasteiger partial charge is 0.136 e. The van der Waals surface area contributed by atoms with Gasteiger partial charge in [-0.2, -0.15) is 0 Å². The van der Waals surface area contributed by atoms with E-state index in [0.29, 0.717) is 5.02 Å². The molecule has 4 nitrogen and oxygen atoms in total. The van der Waals surface area contributed by atoms with Crippen LogP contribution in [-0.2, 0) is 6.42 Å². The second-order valence-electron chi connectivity index (χ2n) is 4.27. The van der Waals surface area contributed by atoms with E-state index in [0.717, 1.165) is 35.1 Å². The maximum Gasteiger partial charge on any atom is 0.136 e. The van der Waals surface area contributed by atoms with E-state index in [1.165, 1.54) is 0 Å². The highest BCUT2D eigenvalue weighted by Crippen LogP contribution is 2.26. The Morgan fingerprint density at radius 2 is 1.89 bits per heavy atom. The standard InChI is InChI=1S/C14H17ClN4/c1-4-12-18-13(16-3)8-14(19-12)17-11-6-5-9(2)7-10(11)15/h5-8H,4H2,1-3H3,(H2,16,17,18,19). The molecule has 0 radical (unpaired) electrons. The molecule has 0 atom stereocenters. The number of hydrogen-bond acceptors (Lipinski definition) is 4. The van der Waals surface area contributed by atoms with Crippen molar-refractivity contribution in [1.82, 2.24) is 9.97 Å². The molecule has 1 heterocycles. The van der Waals surface area contributed by atoms with Crippen molar-refractivity contribution in [2.45, 2.75) is 20.3 Å². The van der Waals surface area contributed by atoms with Gasteiger partial charge in [-0.1, -0.05) is 24.6 Å². The van der Waals surface area contributed by atoms with Crippen LogP contribution in [0.15, 0.2) is 24.3 Å². The average molecular weight is 277 g/mol. The van der Waals surface area contributed by atoms with Crippen LogP contribution in [0.4, 0.5) is 17.3 Å². The molecule has 1 aromatic heterocycles. The normalized spacial score (nSPS) is 10.3. The molecule has 0 bridgehead atoms. The summed E-state index contributed by atoms with van der Waals surface area (Å²) in [5, 5.41) is 6.94. The lowest BCUT2D eigenvalue weighted by Crippen LogP contribution is -2.03. The van der Waals surface area contributed by atoms with Crippen LogP contribution in [0.2, 0.25) is 5.02 Å². The summed E-state index contributed by atoms with van der Waals surface area (Å²) in [5.74, 6) is 2.32. The van der Waals surface area contributed by atoms with Crippen molar-refractivity contribution in [2.75, 3.05) is 17.7 Å². The molecular weight excluding hydrogens is 260 g/mol. The SMILES string of the molecule is CCc1nc(NC)cc(Nc2ccc(C)cc2Cl)n1. The Morgan fingerprint density at radius 1 is 1.16 bits per heavy atom. The number of hydrogen-bond donors (Lipinski definition) is 2. The van der Waals surface area contributed by atoms with Crippen LogP contribution in [0.1, 0.15) is 18.3 Å². The van der Waals surface area contributed by atoms with Crippen molar-refractivity contribution in [3.05, 3.63) is 40.7 Å². The number of halogens is 1. The Morgan fingerprint density at radius 3 is 2.53 bits per heavy atom. The molecule has 0 unspecified atom stereocenters. The third kappa shape index (κ3) is 3.35. The first-order valence-electron chi connectivity index (χ1n) is 6.21. The zero-order valence-corrected chi connectivity index (χ0v) is 12.0. The number of benzene rings is 1. The van der Waals surface area contributed by atoms with E-state index in [1.54, 1.807) is 0 Å². The Kier molecular flexibility index (Phi) is 4.22. The molecule has 2 aromatic rings. The van der Waals surface area contributed by atoms with E-state index in [9.17, 15) is 0 Å². The van der Waals surface area contributed by atoms with Crippen molar-refractivity contribution in [1.29, 1.82) is 0 Å². The largest absolute Gasteiger partial charge is 0.373 e. The molecule has 0 aliphatic carbocycles. The van der Waals surface area contributed by atoms with Crippen molar-refractivity contribution in [3.63, 3.8) is 0 Å². The quantitative estimate of drug-likeness (QED) is 0.892. The van der Waals surface area contributed by atoms with Gasteiger partial charge in [0.1, 0.15) is 17.5 Å². The minimum absolute atomic E-state index is 0.683. The minimum atomic E-state index is 0.683. The van der Waals surface area contributed by atoms with Gasteiger partial charge in [0.25, 0.3) is 0 Å². The summed E-state index contributed by atoms with van der Waals surface area (Å²) in [7, 11) is 1.84. The zero-order chi connectivity index (χ0) is 13.8. The summed E-state index contributed by atoms with van der Waals surface area (Å²) in [6.45, 7) is 4.03. The van der Waals surface area contributed by atoms with Crippen LogP contribution in [0.3, 0.4) is 0 Å². The molecule has 0 fully saturated rings. The van der Waals surface area contributed by atoms with Crippen LogP contribution in [0.5, 0.6) is 0 Å². The number of nitrogens with one attached hydrogen (secondary N) is 2. The van der Waals surface area contributed by atoms with Crippen molar-refractivity contribution < 1.29 is 0 Å². The van der Waals surface area contributed by atoms with Crippen LogP contribution in [0, 0.1) is 6.92 Å². The van der Waals surface area contributed by atoms with E-state index < -0.39 is 0 Å². The molecular formula is C14H17ClN4. The maximum absolute atomic E-state index is 6.21. The second kappa shape index (κ2) is 5.89. The van der Waals surface area contributed by atoms with E-state index in [1.807, 2.05) is 45.2 Å². The fraction of sp³-hybridized carbons (Fsp3) is 0.286. The van der Waals surface area contributed by atoms with Crippen LogP contribution < -0.4 is 10.6 Å². The summed E-state index contributed by atoms with van der Waals surface area (Å²) in [5.41, 5.74) is 1.97. The summed E-state index contributed by atoms with van der Waals surface area (Å²) >= 11 is 6.21. The molecule has 2 rings (SSSR count). The monoisotopic (exact) mass is 276 g/mol. The van der Waals surface area contributed by atoms with Crippen LogP contribution in [0.25, 0.3) is 0 Å². The molecule has 1 aromatic carbocycles. The fourth-order valence-electron chi connectivity index (χ4n) is 1.71. The van der Waals surface area contributed by atoms with E-state index in [2.05, 4.69) is 20.6 Å². The van der Waals surface area contributed by atoms with Gasteiger partial charge in [-0.3, -0.25) is 0 Å². The molecule has 0 aliphatic heterocycles. The summed E-state index contributed by atoms with van der Waals surface area (Å²) in [6, 6.07) is 7.74. The first-order valence-corrected chi connectivity index (χ1v) is 6.59. The first kappa shape index (κ1) is 13.6. The second-order valence-corrected chi connectivity index (χ2v) is 4.67. The molecule has 5 heteroatoms. The summed E-state index contributed by atoms with van der Waals surface area (Å²) < 4.78 is 0. The Balaban J connectivity index is 2.31. The van der Waals surface area contributed by atoms with Gasteiger partial charge in [-0.25, -0.2) is 9.97 Å². The predicted molar refractivity (Wildman–Crippen MR) is 80.4 cm³/mol. The van der Waals surface area contributed by atoms with Crippen molar-refractivity contribution in [3.8, 4) is 0 Å². The number of aromatic nitrogens is 2. The molecule has 19 heavy (non-hydrogen) atoms. The topological polar surface area (TPSA) is 49.8 Å². The van der Waals surface area contributed by atoms with E-state index in [-0.39, 0.29) is 0 Å². The van der Waals surface area contributed by atoms with Gasteiger partial charge in [0.15, 0.2) is 0 Å². The lowest BCUT2D eigenvalue weighted by Gasteiger charge is -2.10. The Hall–Kier alpha value is -1.81. The van der Waals surface area contributed by atoms with E-state index >= 15 is 0 Å². The zero-order valence-electron chi connectivity index (χ0n) is 11.3. The fourth-order valence-corrected chi connectivity index (χ4v) is 1.99. The van der Waals surface area contributed by atoms with Crippen molar-refractivity contribution >= 4 is 28.9 Å². The Labute approximate surface area is 118 Å². The van der Waals surface area contributed by atoms with Gasteiger partial charge in [-0.05, 0) is 24.6 Å². The average Bonchev–Trinajstić information content (AvgIpc) is 2.41. The number of anilines is 3. The molecule has 0 saturated heterocycles. The molecule has 2 N–H and O–H groups in total. The van der Waals surface area contributed by atoms with Gasteiger partial charge in [0.2, 0.25) is 0 Å². The summed E-state index contributed by atoms with van der Waals surface area (Å²) in [4.78, 5) is 8.79. The molecule has 100 valence electrons. The molecule has 0 aliphatic rings. The highest BCUT2D eigenvalue weighted by Gasteiger charge is 2.05. The highest BCUT2D eigenvalue weighted by atomic mass is 35.5. The van der Waals surface area contributed by atoms with Crippen molar-refractivity contribution in [2.24, 2.45) is 0 Å². The van der Waals surface area contributed by atoms with Gasteiger partial charge in [0.05, 0.1) is 10.7 Å². The number of nitrogens with zero attached hydrogens (tertiary/aromatic N) is 2. The van der Waals surface area contributed by atoms with Gasteiger partial charge < -0.3 is 10.6 Å². The Bertz CT molecular complexity index is 561. The van der Waals surface area contributed by atoms with Gasteiger partial charge in [-0.15, -0.1) is 0 Å². The summed E-state index contributed by atoms with van der Waals surface area (Å²) in [6.07, 6.45) is 0.784. The maximum atomic E-state index is 6.21. The number of aryl methyl sites for hydroxylation is 2. The van der Waals surface area contributed by atoms with Gasteiger partial charge in [0, 0.05) is 19.5 Å². The lowest BCUT2D eigenvalue weighted by atomic mass is 10.2. The first-order chi connectivity index (χ1) is 9.12. The van der Waals surface area contributed by atoms with E-state index in [4.69, 9.17) is 11.6 Å². The van der Waals surface area contributed by atoms with Crippen LogP contribution in [-0.4, -0.2) is 17.0 Å². The third-order valence-corrected chi connectivity index (χ3v) is 3.04. The predicted octanol–water partition coefficient (Wildman–Crippen LogP) is 3.79. The third-order valence-electron chi connectivity index (χ3n) is 2.73. The molecule has 0 spiro atoms. The highest BCUT2D eigenvalue weighted by molar-refractivity contribution is 6.33. The lowest BCUT2D eigenvalue weighted by molar-refractivity contribution is 0.945. The molecule has 0 amide bonds.